The average Bonchev–Trinajstić information content (AvgIpc) is 3.30. The van der Waals surface area contributed by atoms with E-state index in [-0.39, 0.29) is 11.2 Å². The maximum absolute atomic E-state index is 11.8. The highest BCUT2D eigenvalue weighted by Crippen LogP contribution is 2.48. The second-order valence-electron chi connectivity index (χ2n) is 6.71. The molecule has 25 heavy (non-hydrogen) atoms. The minimum Gasteiger partial charge on any atom is -0.356 e. The summed E-state index contributed by atoms with van der Waals surface area (Å²) in [6, 6.07) is 8.47. The van der Waals surface area contributed by atoms with E-state index < -0.39 is 10.0 Å². The fourth-order valence-corrected chi connectivity index (χ4v) is 5.18. The molecule has 8 heteroatoms. The van der Waals surface area contributed by atoms with E-state index in [2.05, 4.69) is 49.8 Å². The highest BCUT2D eigenvalue weighted by atomic mass is 79.9. The summed E-state index contributed by atoms with van der Waals surface area (Å²) >= 11 is 3.54. The van der Waals surface area contributed by atoms with Gasteiger partial charge in [0.1, 0.15) is 0 Å². The van der Waals surface area contributed by atoms with Crippen LogP contribution in [0, 0.1) is 0 Å². The van der Waals surface area contributed by atoms with Gasteiger partial charge in [-0.1, -0.05) is 28.1 Å². The number of aliphatic imine (C=N–C) groups is 1. The predicted octanol–water partition coefficient (Wildman–Crippen LogP) is 1.68. The van der Waals surface area contributed by atoms with Gasteiger partial charge in [0.25, 0.3) is 0 Å². The molecule has 3 rings (SSSR count). The molecule has 138 valence electrons. The second kappa shape index (κ2) is 7.63. The Bertz CT molecular complexity index is 747. The summed E-state index contributed by atoms with van der Waals surface area (Å²) in [5.74, 6) is 0.993. The minimum absolute atomic E-state index is 0.180. The number of rotatable bonds is 6. The smallest absolute Gasteiger partial charge is 0.214 e. The third kappa shape index (κ3) is 4.54. The van der Waals surface area contributed by atoms with E-state index >= 15 is 0 Å². The number of nitrogens with zero attached hydrogens (tertiary/aromatic N) is 2. The molecule has 0 amide bonds. The molecule has 2 N–H and O–H groups in total. The number of hydrogen-bond donors (Lipinski definition) is 2. The molecule has 1 aliphatic carbocycles. The molecule has 1 heterocycles. The van der Waals surface area contributed by atoms with E-state index in [1.165, 1.54) is 18.4 Å². The number of sulfonamides is 1. The molecule has 0 spiro atoms. The van der Waals surface area contributed by atoms with Crippen molar-refractivity contribution >= 4 is 31.9 Å². The van der Waals surface area contributed by atoms with Crippen molar-refractivity contribution in [2.45, 2.75) is 24.7 Å². The summed E-state index contributed by atoms with van der Waals surface area (Å²) in [5, 5.41) is 6.61. The third-order valence-corrected chi connectivity index (χ3v) is 7.41. The average molecular weight is 429 g/mol. The fourth-order valence-electron chi connectivity index (χ4n) is 3.25. The highest BCUT2D eigenvalue weighted by molar-refractivity contribution is 9.10. The van der Waals surface area contributed by atoms with E-state index in [4.69, 9.17) is 0 Å². The number of halogens is 1. The van der Waals surface area contributed by atoms with Crippen molar-refractivity contribution in [1.82, 2.24) is 14.9 Å². The standard InChI is InChI=1S/C17H25BrN4O2S/c1-19-16(20-8-10-22-9-3-11-25(22,23)24)21-13-17(6-7-17)14-4-2-5-15(18)12-14/h2,4-5,12H,3,6-11,13H2,1H3,(H2,19,20,21). The van der Waals surface area contributed by atoms with E-state index in [1.54, 1.807) is 11.4 Å². The van der Waals surface area contributed by atoms with Crippen LogP contribution in [0.4, 0.5) is 0 Å². The van der Waals surface area contributed by atoms with Crippen molar-refractivity contribution in [3.8, 4) is 0 Å². The van der Waals surface area contributed by atoms with Crippen LogP contribution in [0.1, 0.15) is 24.8 Å². The summed E-state index contributed by atoms with van der Waals surface area (Å²) in [6.45, 7) is 2.50. The molecule has 0 unspecified atom stereocenters. The van der Waals surface area contributed by atoms with Gasteiger partial charge in [0.2, 0.25) is 10.0 Å². The number of benzene rings is 1. The van der Waals surface area contributed by atoms with Crippen molar-refractivity contribution < 1.29 is 8.42 Å². The molecule has 0 bridgehead atoms. The lowest BCUT2D eigenvalue weighted by molar-refractivity contribution is 0.444. The Morgan fingerprint density at radius 2 is 2.16 bits per heavy atom. The first-order valence-electron chi connectivity index (χ1n) is 8.64. The van der Waals surface area contributed by atoms with Gasteiger partial charge in [0, 0.05) is 43.1 Å². The first-order valence-corrected chi connectivity index (χ1v) is 11.0. The van der Waals surface area contributed by atoms with E-state index in [1.807, 2.05) is 6.07 Å². The minimum atomic E-state index is -3.03. The Kier molecular flexibility index (Phi) is 5.70. The van der Waals surface area contributed by atoms with E-state index in [0.717, 1.165) is 23.4 Å². The first-order chi connectivity index (χ1) is 12.0. The zero-order valence-electron chi connectivity index (χ0n) is 14.5. The summed E-state index contributed by atoms with van der Waals surface area (Å²) in [7, 11) is -1.29. The summed E-state index contributed by atoms with van der Waals surface area (Å²) < 4.78 is 26.3. The van der Waals surface area contributed by atoms with E-state index in [0.29, 0.717) is 19.6 Å². The molecule has 0 atom stereocenters. The van der Waals surface area contributed by atoms with Gasteiger partial charge in [-0.3, -0.25) is 4.99 Å². The Labute approximate surface area is 158 Å². The molecule has 0 aromatic heterocycles. The van der Waals surface area contributed by atoms with Crippen LogP contribution in [0.5, 0.6) is 0 Å². The predicted molar refractivity (Wildman–Crippen MR) is 104 cm³/mol. The van der Waals surface area contributed by atoms with Crippen LogP contribution in [0.15, 0.2) is 33.7 Å². The molecule has 6 nitrogen and oxygen atoms in total. The van der Waals surface area contributed by atoms with Crippen LogP contribution in [0.3, 0.4) is 0 Å². The van der Waals surface area contributed by atoms with Gasteiger partial charge >= 0.3 is 0 Å². The molecule has 1 aromatic carbocycles. The lowest BCUT2D eigenvalue weighted by atomic mass is 9.96. The van der Waals surface area contributed by atoms with Gasteiger partial charge in [-0.15, -0.1) is 0 Å². The molecule has 0 radical (unpaired) electrons. The lowest BCUT2D eigenvalue weighted by Crippen LogP contribution is -2.44. The van der Waals surface area contributed by atoms with Gasteiger partial charge in [0.15, 0.2) is 5.96 Å². The van der Waals surface area contributed by atoms with Crippen molar-refractivity contribution in [2.75, 3.05) is 39.0 Å². The number of guanidine groups is 1. The van der Waals surface area contributed by atoms with Crippen molar-refractivity contribution in [1.29, 1.82) is 0 Å². The molecule has 2 aliphatic rings. The van der Waals surface area contributed by atoms with Gasteiger partial charge < -0.3 is 10.6 Å². The van der Waals surface area contributed by atoms with Crippen molar-refractivity contribution in [3.63, 3.8) is 0 Å². The quantitative estimate of drug-likeness (QED) is 0.533. The maximum atomic E-state index is 11.8. The third-order valence-electron chi connectivity index (χ3n) is 4.97. The monoisotopic (exact) mass is 428 g/mol. The fraction of sp³-hybridized carbons (Fsp3) is 0.588. The second-order valence-corrected chi connectivity index (χ2v) is 9.72. The number of hydrogen-bond acceptors (Lipinski definition) is 3. The number of nitrogens with one attached hydrogen (secondary N) is 2. The van der Waals surface area contributed by atoms with Gasteiger partial charge in [-0.25, -0.2) is 12.7 Å². The van der Waals surface area contributed by atoms with Crippen LogP contribution in [-0.4, -0.2) is 57.7 Å². The van der Waals surface area contributed by atoms with Gasteiger partial charge in [-0.05, 0) is 37.0 Å². The highest BCUT2D eigenvalue weighted by Gasteiger charge is 2.44. The molecular formula is C17H25BrN4O2S. The summed E-state index contributed by atoms with van der Waals surface area (Å²) in [4.78, 5) is 4.25. The van der Waals surface area contributed by atoms with Crippen molar-refractivity contribution in [2.24, 2.45) is 4.99 Å². The molecule has 1 aromatic rings. The molecule has 1 aliphatic heterocycles. The Hall–Kier alpha value is -1.12. The zero-order chi connectivity index (χ0) is 17.9. The zero-order valence-corrected chi connectivity index (χ0v) is 16.9. The Morgan fingerprint density at radius 3 is 2.76 bits per heavy atom. The maximum Gasteiger partial charge on any atom is 0.214 e. The van der Waals surface area contributed by atoms with Crippen LogP contribution >= 0.6 is 15.9 Å². The topological polar surface area (TPSA) is 73.8 Å². The van der Waals surface area contributed by atoms with Crippen LogP contribution < -0.4 is 10.6 Å². The van der Waals surface area contributed by atoms with E-state index in [9.17, 15) is 8.42 Å². The van der Waals surface area contributed by atoms with Crippen LogP contribution in [0.2, 0.25) is 0 Å². The van der Waals surface area contributed by atoms with Crippen LogP contribution in [0.25, 0.3) is 0 Å². The molecule has 2 fully saturated rings. The summed E-state index contributed by atoms with van der Waals surface area (Å²) in [6.07, 6.45) is 3.06. The lowest BCUT2D eigenvalue weighted by Gasteiger charge is -2.20. The van der Waals surface area contributed by atoms with Crippen LogP contribution in [-0.2, 0) is 15.4 Å². The Morgan fingerprint density at radius 1 is 1.36 bits per heavy atom. The Balaban J connectivity index is 1.48. The van der Waals surface area contributed by atoms with Gasteiger partial charge in [-0.2, -0.15) is 0 Å². The van der Waals surface area contributed by atoms with Gasteiger partial charge in [0.05, 0.1) is 5.75 Å². The largest absolute Gasteiger partial charge is 0.356 e. The molecular weight excluding hydrogens is 404 g/mol. The SMILES string of the molecule is CN=C(NCCN1CCCS1(=O)=O)NCC1(c2cccc(Br)c2)CC1. The van der Waals surface area contributed by atoms with Crippen molar-refractivity contribution in [3.05, 3.63) is 34.3 Å². The molecule has 1 saturated heterocycles. The first kappa shape index (κ1) is 18.7. The normalized spacial score (nSPS) is 21.9. The summed E-state index contributed by atoms with van der Waals surface area (Å²) in [5.41, 5.74) is 1.52. The molecule has 1 saturated carbocycles.